The van der Waals surface area contributed by atoms with Crippen molar-refractivity contribution in [3.8, 4) is 5.75 Å². The molecule has 3 nitrogen and oxygen atoms in total. The molecule has 0 amide bonds. The molecule has 5 heteroatoms. The van der Waals surface area contributed by atoms with Crippen LogP contribution in [0.25, 0.3) is 0 Å². The Morgan fingerprint density at radius 2 is 1.83 bits per heavy atom. The van der Waals surface area contributed by atoms with E-state index in [4.69, 9.17) is 9.42 Å². The van der Waals surface area contributed by atoms with Crippen molar-refractivity contribution >= 4 is 20.0 Å². The van der Waals surface area contributed by atoms with Crippen LogP contribution in [0.1, 0.15) is 0 Å². The van der Waals surface area contributed by atoms with Crippen LogP contribution in [0, 0.1) is 0 Å². The summed E-state index contributed by atoms with van der Waals surface area (Å²) in [7, 11) is -3.39. The zero-order valence-corrected chi connectivity index (χ0v) is 8.22. The summed E-state index contributed by atoms with van der Waals surface area (Å²) in [4.78, 5) is 8.80. The lowest BCUT2D eigenvalue weighted by Crippen LogP contribution is -1.87. The normalized spacial score (nSPS) is 14.2. The van der Waals surface area contributed by atoms with Crippen molar-refractivity contribution in [2.24, 2.45) is 0 Å². The molecule has 1 unspecified atom stereocenters. The molecular weight excluding hydrogens is 199 g/mol. The van der Waals surface area contributed by atoms with Crippen molar-refractivity contribution < 1.29 is 14.0 Å². The third-order valence-electron chi connectivity index (χ3n) is 1.02. The van der Waals surface area contributed by atoms with Crippen LogP contribution in [0.2, 0.25) is 0 Å². The molecule has 0 saturated carbocycles. The molecule has 0 aliphatic carbocycles. The van der Waals surface area contributed by atoms with Crippen LogP contribution in [-0.4, -0.2) is 11.6 Å². The minimum atomic E-state index is -3.39. The molecule has 0 aliphatic heterocycles. The van der Waals surface area contributed by atoms with Gasteiger partial charge in [0.2, 0.25) is 0 Å². The fourth-order valence-corrected chi connectivity index (χ4v) is 1.19. The van der Waals surface area contributed by atoms with Gasteiger partial charge in [-0.25, -0.2) is 4.57 Å². The third-order valence-corrected chi connectivity index (χ3v) is 1.57. The Bertz CT molecular complexity index is 269. The van der Waals surface area contributed by atoms with Crippen LogP contribution in [-0.2, 0) is 4.57 Å². The Balaban J connectivity index is 0.00000121. The van der Waals surface area contributed by atoms with Gasteiger partial charge in [-0.05, 0) is 12.1 Å². The molecule has 1 atom stereocenters. The quantitative estimate of drug-likeness (QED) is 0.759. The monoisotopic (exact) mass is 208 g/mol. The van der Waals surface area contributed by atoms with E-state index in [1.54, 1.807) is 24.3 Å². The van der Waals surface area contributed by atoms with E-state index in [-0.39, 0.29) is 12.4 Å². The molecule has 1 aromatic rings. The first-order valence-corrected chi connectivity index (χ1v) is 5.15. The maximum Gasteiger partial charge on any atom is 0.373 e. The van der Waals surface area contributed by atoms with Crippen LogP contribution in [0.5, 0.6) is 5.75 Å². The number of para-hydroxylation sites is 1. The van der Waals surface area contributed by atoms with E-state index < -0.39 is 7.60 Å². The van der Waals surface area contributed by atoms with Gasteiger partial charge in [-0.1, -0.05) is 18.2 Å². The highest BCUT2D eigenvalue weighted by molar-refractivity contribution is 7.52. The van der Waals surface area contributed by atoms with Crippen molar-refractivity contribution in [3.63, 3.8) is 0 Å². The van der Waals surface area contributed by atoms with Crippen molar-refractivity contribution in [2.75, 3.05) is 6.66 Å². The molecule has 0 aromatic heterocycles. The number of halogens is 1. The Morgan fingerprint density at radius 1 is 1.33 bits per heavy atom. The molecule has 0 fully saturated rings. The first-order valence-electron chi connectivity index (χ1n) is 3.13. The van der Waals surface area contributed by atoms with Crippen LogP contribution >= 0.6 is 20.0 Å². The molecule has 1 N–H and O–H groups in total. The van der Waals surface area contributed by atoms with Gasteiger partial charge in [-0.2, -0.15) is 0 Å². The first kappa shape index (κ1) is 11.5. The summed E-state index contributed by atoms with van der Waals surface area (Å²) in [5.41, 5.74) is 0. The fourth-order valence-electron chi connectivity index (χ4n) is 0.677. The Hall–Kier alpha value is -0.500. The van der Waals surface area contributed by atoms with Gasteiger partial charge in [0.25, 0.3) is 0 Å². The van der Waals surface area contributed by atoms with Gasteiger partial charge in [0.15, 0.2) is 0 Å². The van der Waals surface area contributed by atoms with E-state index in [9.17, 15) is 4.57 Å². The SMILES string of the molecule is CP(=O)(O)Oc1ccccc1.Cl. The van der Waals surface area contributed by atoms with E-state index >= 15 is 0 Å². The predicted octanol–water partition coefficient (Wildman–Crippen LogP) is 2.30. The highest BCUT2D eigenvalue weighted by atomic mass is 35.5. The van der Waals surface area contributed by atoms with Crippen molar-refractivity contribution in [1.29, 1.82) is 0 Å². The third kappa shape index (κ3) is 4.39. The molecule has 0 spiro atoms. The smallest absolute Gasteiger partial charge is 0.373 e. The maximum atomic E-state index is 10.7. The highest BCUT2D eigenvalue weighted by Gasteiger charge is 2.10. The van der Waals surface area contributed by atoms with Crippen LogP contribution in [0.3, 0.4) is 0 Å². The number of hydrogen-bond acceptors (Lipinski definition) is 2. The highest BCUT2D eigenvalue weighted by Crippen LogP contribution is 2.37. The van der Waals surface area contributed by atoms with Gasteiger partial charge < -0.3 is 9.42 Å². The zero-order chi connectivity index (χ0) is 8.32. The molecule has 0 aliphatic rings. The maximum absolute atomic E-state index is 10.7. The van der Waals surface area contributed by atoms with Gasteiger partial charge in [0.05, 0.1) is 0 Å². The van der Waals surface area contributed by atoms with E-state index in [0.29, 0.717) is 5.75 Å². The summed E-state index contributed by atoms with van der Waals surface area (Å²) in [6.07, 6.45) is 0. The van der Waals surface area contributed by atoms with E-state index in [1.807, 2.05) is 6.07 Å². The molecule has 0 bridgehead atoms. The minimum Gasteiger partial charge on any atom is -0.425 e. The molecule has 68 valence electrons. The Kier molecular flexibility index (Phi) is 4.32. The first-order chi connectivity index (χ1) is 5.08. The summed E-state index contributed by atoms with van der Waals surface area (Å²) < 4.78 is 15.4. The van der Waals surface area contributed by atoms with Gasteiger partial charge in [0.1, 0.15) is 5.75 Å². The summed E-state index contributed by atoms with van der Waals surface area (Å²) >= 11 is 0. The average molecular weight is 209 g/mol. The predicted molar refractivity (Wildman–Crippen MR) is 50.1 cm³/mol. The minimum absolute atomic E-state index is 0. The molecular formula is C7H10ClO3P. The second-order valence-corrected chi connectivity index (χ2v) is 4.00. The van der Waals surface area contributed by atoms with Crippen LogP contribution in [0.15, 0.2) is 30.3 Å². The molecule has 0 saturated heterocycles. The summed E-state index contributed by atoms with van der Waals surface area (Å²) in [6, 6.07) is 8.56. The van der Waals surface area contributed by atoms with Crippen molar-refractivity contribution in [1.82, 2.24) is 0 Å². The second-order valence-electron chi connectivity index (χ2n) is 2.21. The lowest BCUT2D eigenvalue weighted by Gasteiger charge is -2.06. The molecule has 12 heavy (non-hydrogen) atoms. The number of benzene rings is 1. The molecule has 0 heterocycles. The van der Waals surface area contributed by atoms with Crippen molar-refractivity contribution in [2.45, 2.75) is 0 Å². The van der Waals surface area contributed by atoms with Crippen LogP contribution < -0.4 is 4.52 Å². The molecule has 0 radical (unpaired) electrons. The van der Waals surface area contributed by atoms with Crippen LogP contribution in [0.4, 0.5) is 0 Å². The summed E-state index contributed by atoms with van der Waals surface area (Å²) in [6.45, 7) is 1.15. The largest absolute Gasteiger partial charge is 0.425 e. The number of rotatable bonds is 2. The average Bonchev–Trinajstić information content (AvgIpc) is 1.85. The van der Waals surface area contributed by atoms with Gasteiger partial charge in [-0.3, -0.25) is 0 Å². The van der Waals surface area contributed by atoms with E-state index in [2.05, 4.69) is 0 Å². The van der Waals surface area contributed by atoms with Gasteiger partial charge in [0, 0.05) is 6.66 Å². The number of hydrogen-bond donors (Lipinski definition) is 1. The van der Waals surface area contributed by atoms with Gasteiger partial charge in [-0.15, -0.1) is 12.4 Å². The molecule has 1 rings (SSSR count). The zero-order valence-electron chi connectivity index (χ0n) is 6.51. The van der Waals surface area contributed by atoms with Gasteiger partial charge >= 0.3 is 7.60 Å². The Morgan fingerprint density at radius 3 is 2.25 bits per heavy atom. The standard InChI is InChI=1S/C7H9O3P.ClH/c1-11(8,9)10-7-5-3-2-4-6-7;/h2-6H,1H3,(H,8,9);1H. The topological polar surface area (TPSA) is 46.5 Å². The summed E-state index contributed by atoms with van der Waals surface area (Å²) in [5.74, 6) is 0.417. The van der Waals surface area contributed by atoms with E-state index in [1.165, 1.54) is 0 Å². The summed E-state index contributed by atoms with van der Waals surface area (Å²) in [5, 5.41) is 0. The Labute approximate surface area is 77.3 Å². The molecule has 1 aromatic carbocycles. The fraction of sp³-hybridized carbons (Fsp3) is 0.143. The lowest BCUT2D eigenvalue weighted by molar-refractivity contribution is 0.387. The lowest BCUT2D eigenvalue weighted by atomic mass is 10.3. The van der Waals surface area contributed by atoms with Crippen molar-refractivity contribution in [3.05, 3.63) is 30.3 Å². The second kappa shape index (κ2) is 4.51. The van der Waals surface area contributed by atoms with E-state index in [0.717, 1.165) is 6.66 Å².